The SMILES string of the molecule is COc1ccc2c(c1)C(c1ccccc1)C(CN)CC2. The van der Waals surface area contributed by atoms with Gasteiger partial charge in [0, 0.05) is 5.92 Å². The van der Waals surface area contributed by atoms with Crippen LogP contribution in [0, 0.1) is 5.92 Å². The van der Waals surface area contributed by atoms with Crippen LogP contribution >= 0.6 is 0 Å². The monoisotopic (exact) mass is 267 g/mol. The van der Waals surface area contributed by atoms with Crippen molar-refractivity contribution < 1.29 is 4.74 Å². The molecule has 2 aromatic rings. The first-order valence-corrected chi connectivity index (χ1v) is 7.25. The molecule has 0 amide bonds. The lowest BCUT2D eigenvalue weighted by Gasteiger charge is -2.33. The molecule has 2 atom stereocenters. The van der Waals surface area contributed by atoms with Crippen LogP contribution in [-0.2, 0) is 6.42 Å². The Kier molecular flexibility index (Phi) is 3.75. The molecule has 3 rings (SSSR count). The van der Waals surface area contributed by atoms with Crippen LogP contribution in [0.5, 0.6) is 5.75 Å². The van der Waals surface area contributed by atoms with Crippen molar-refractivity contribution in [3.63, 3.8) is 0 Å². The van der Waals surface area contributed by atoms with Crippen LogP contribution < -0.4 is 10.5 Å². The average molecular weight is 267 g/mol. The molecule has 0 bridgehead atoms. The number of aryl methyl sites for hydroxylation is 1. The first kappa shape index (κ1) is 13.2. The van der Waals surface area contributed by atoms with Crippen LogP contribution in [0.2, 0.25) is 0 Å². The largest absolute Gasteiger partial charge is 0.497 e. The van der Waals surface area contributed by atoms with Crippen LogP contribution in [0.15, 0.2) is 48.5 Å². The molecular formula is C18H21NO. The van der Waals surface area contributed by atoms with Gasteiger partial charge in [-0.05, 0) is 54.1 Å². The maximum Gasteiger partial charge on any atom is 0.119 e. The Balaban J connectivity index is 2.10. The van der Waals surface area contributed by atoms with Gasteiger partial charge in [-0.2, -0.15) is 0 Å². The second-order valence-corrected chi connectivity index (χ2v) is 5.49. The smallest absolute Gasteiger partial charge is 0.119 e. The summed E-state index contributed by atoms with van der Waals surface area (Å²) in [7, 11) is 1.72. The van der Waals surface area contributed by atoms with Gasteiger partial charge in [0.1, 0.15) is 5.75 Å². The van der Waals surface area contributed by atoms with Crippen molar-refractivity contribution in [1.82, 2.24) is 0 Å². The van der Waals surface area contributed by atoms with Gasteiger partial charge in [-0.25, -0.2) is 0 Å². The number of hydrogen-bond donors (Lipinski definition) is 1. The Morgan fingerprint density at radius 3 is 2.65 bits per heavy atom. The quantitative estimate of drug-likeness (QED) is 0.925. The lowest BCUT2D eigenvalue weighted by molar-refractivity contribution is 0.401. The summed E-state index contributed by atoms with van der Waals surface area (Å²) in [4.78, 5) is 0. The highest BCUT2D eigenvalue weighted by molar-refractivity contribution is 5.45. The van der Waals surface area contributed by atoms with E-state index in [4.69, 9.17) is 10.5 Å². The molecule has 2 heteroatoms. The van der Waals surface area contributed by atoms with E-state index in [1.165, 1.54) is 16.7 Å². The van der Waals surface area contributed by atoms with Crippen LogP contribution in [0.3, 0.4) is 0 Å². The Hall–Kier alpha value is -1.80. The maximum absolute atomic E-state index is 6.03. The van der Waals surface area contributed by atoms with Crippen molar-refractivity contribution in [3.05, 3.63) is 65.2 Å². The fourth-order valence-electron chi connectivity index (χ4n) is 3.34. The molecule has 0 aromatic heterocycles. The molecule has 104 valence electrons. The van der Waals surface area contributed by atoms with Gasteiger partial charge in [0.05, 0.1) is 7.11 Å². The van der Waals surface area contributed by atoms with Crippen LogP contribution in [0.25, 0.3) is 0 Å². The number of hydrogen-bond acceptors (Lipinski definition) is 2. The van der Waals surface area contributed by atoms with Gasteiger partial charge in [-0.15, -0.1) is 0 Å². The number of ether oxygens (including phenoxy) is 1. The van der Waals surface area contributed by atoms with Crippen LogP contribution in [-0.4, -0.2) is 13.7 Å². The molecule has 2 nitrogen and oxygen atoms in total. The van der Waals surface area contributed by atoms with E-state index in [1.54, 1.807) is 7.11 Å². The Labute approximate surface area is 120 Å². The maximum atomic E-state index is 6.03. The molecule has 0 saturated heterocycles. The van der Waals surface area contributed by atoms with Crippen molar-refractivity contribution in [1.29, 1.82) is 0 Å². The van der Waals surface area contributed by atoms with Gasteiger partial charge in [0.25, 0.3) is 0 Å². The molecule has 0 radical (unpaired) electrons. The van der Waals surface area contributed by atoms with Gasteiger partial charge in [-0.3, -0.25) is 0 Å². The minimum atomic E-state index is 0.389. The third-order valence-electron chi connectivity index (χ3n) is 4.41. The summed E-state index contributed by atoms with van der Waals surface area (Å²) in [5.41, 5.74) is 10.2. The molecule has 2 unspecified atom stereocenters. The minimum Gasteiger partial charge on any atom is -0.497 e. The highest BCUT2D eigenvalue weighted by Gasteiger charge is 2.30. The molecule has 0 aliphatic heterocycles. The highest BCUT2D eigenvalue weighted by Crippen LogP contribution is 2.41. The summed E-state index contributed by atoms with van der Waals surface area (Å²) < 4.78 is 5.40. The van der Waals surface area contributed by atoms with Crippen molar-refractivity contribution in [2.24, 2.45) is 11.7 Å². The molecule has 2 N–H and O–H groups in total. The van der Waals surface area contributed by atoms with Crippen molar-refractivity contribution in [3.8, 4) is 5.75 Å². The molecule has 0 spiro atoms. The first-order chi connectivity index (χ1) is 9.83. The summed E-state index contributed by atoms with van der Waals surface area (Å²) in [6.07, 6.45) is 2.28. The van der Waals surface area contributed by atoms with E-state index in [0.717, 1.165) is 25.1 Å². The number of rotatable bonds is 3. The molecule has 20 heavy (non-hydrogen) atoms. The van der Waals surface area contributed by atoms with Crippen LogP contribution in [0.4, 0.5) is 0 Å². The fraction of sp³-hybridized carbons (Fsp3) is 0.333. The summed E-state index contributed by atoms with van der Waals surface area (Å²) >= 11 is 0. The summed E-state index contributed by atoms with van der Waals surface area (Å²) in [6, 6.07) is 17.2. The van der Waals surface area contributed by atoms with Gasteiger partial charge >= 0.3 is 0 Å². The number of fused-ring (bicyclic) bond motifs is 1. The Bertz CT molecular complexity index is 579. The summed E-state index contributed by atoms with van der Waals surface area (Å²) in [5.74, 6) is 1.83. The zero-order valence-electron chi connectivity index (χ0n) is 11.9. The second kappa shape index (κ2) is 5.68. The fourth-order valence-corrected chi connectivity index (χ4v) is 3.34. The van der Waals surface area contributed by atoms with Crippen LogP contribution in [0.1, 0.15) is 29.0 Å². The summed E-state index contributed by atoms with van der Waals surface area (Å²) in [5, 5.41) is 0. The molecule has 1 aliphatic rings. The van der Waals surface area contributed by atoms with E-state index in [1.807, 2.05) is 0 Å². The van der Waals surface area contributed by atoms with E-state index >= 15 is 0 Å². The first-order valence-electron chi connectivity index (χ1n) is 7.25. The molecule has 0 saturated carbocycles. The molecule has 0 heterocycles. The standard InChI is InChI=1S/C18H21NO/c1-20-16-10-9-13-7-8-15(12-19)18(17(13)11-16)14-5-3-2-4-6-14/h2-6,9-11,15,18H,7-8,12,19H2,1H3. The lowest BCUT2D eigenvalue weighted by atomic mass is 9.72. The highest BCUT2D eigenvalue weighted by atomic mass is 16.5. The van der Waals surface area contributed by atoms with Gasteiger partial charge < -0.3 is 10.5 Å². The van der Waals surface area contributed by atoms with Gasteiger partial charge in [-0.1, -0.05) is 36.4 Å². The van der Waals surface area contributed by atoms with E-state index in [2.05, 4.69) is 48.5 Å². The van der Waals surface area contributed by atoms with E-state index in [0.29, 0.717) is 11.8 Å². The minimum absolute atomic E-state index is 0.389. The van der Waals surface area contributed by atoms with E-state index in [9.17, 15) is 0 Å². The lowest BCUT2D eigenvalue weighted by Crippen LogP contribution is -2.28. The topological polar surface area (TPSA) is 35.2 Å². The zero-order chi connectivity index (χ0) is 13.9. The van der Waals surface area contributed by atoms with E-state index < -0.39 is 0 Å². The van der Waals surface area contributed by atoms with E-state index in [-0.39, 0.29) is 0 Å². The Morgan fingerprint density at radius 2 is 1.95 bits per heavy atom. The average Bonchev–Trinajstić information content (AvgIpc) is 2.53. The third-order valence-corrected chi connectivity index (χ3v) is 4.41. The third kappa shape index (κ3) is 2.32. The van der Waals surface area contributed by atoms with Gasteiger partial charge in [0.2, 0.25) is 0 Å². The predicted molar refractivity (Wildman–Crippen MR) is 82.1 cm³/mol. The van der Waals surface area contributed by atoms with Crippen molar-refractivity contribution in [2.45, 2.75) is 18.8 Å². The predicted octanol–water partition coefficient (Wildman–Crippen LogP) is 3.35. The van der Waals surface area contributed by atoms with Crippen molar-refractivity contribution >= 4 is 0 Å². The molecule has 1 aliphatic carbocycles. The number of benzene rings is 2. The number of nitrogens with two attached hydrogens (primary N) is 1. The second-order valence-electron chi connectivity index (χ2n) is 5.49. The van der Waals surface area contributed by atoms with Gasteiger partial charge in [0.15, 0.2) is 0 Å². The Morgan fingerprint density at radius 1 is 1.15 bits per heavy atom. The normalized spacial score (nSPS) is 21.3. The molecular weight excluding hydrogens is 246 g/mol. The molecule has 0 fully saturated rings. The van der Waals surface area contributed by atoms with Crippen molar-refractivity contribution in [2.75, 3.05) is 13.7 Å². The summed E-state index contributed by atoms with van der Waals surface area (Å²) in [6.45, 7) is 0.732. The molecule has 2 aromatic carbocycles. The number of methoxy groups -OCH3 is 1. The zero-order valence-corrected chi connectivity index (χ0v) is 11.9.